The maximum atomic E-state index is 12.2. The minimum absolute atomic E-state index is 0.121. The van der Waals surface area contributed by atoms with Gasteiger partial charge in [0.25, 0.3) is 0 Å². The van der Waals surface area contributed by atoms with E-state index >= 15 is 0 Å². The van der Waals surface area contributed by atoms with Crippen molar-refractivity contribution < 1.29 is 4.79 Å². The highest BCUT2D eigenvalue weighted by Crippen LogP contribution is 2.06. The molecule has 7 nitrogen and oxygen atoms in total. The summed E-state index contributed by atoms with van der Waals surface area (Å²) in [5.41, 5.74) is 7.72. The van der Waals surface area contributed by atoms with Crippen molar-refractivity contribution in [2.45, 2.75) is 38.6 Å². The molecular weight excluding hydrogens is 354 g/mol. The lowest BCUT2D eigenvalue weighted by molar-refractivity contribution is -0.117. The second-order valence-corrected chi connectivity index (χ2v) is 6.68. The Morgan fingerprint density at radius 1 is 0.929 bits per heavy atom. The number of benzene rings is 1. The molecule has 3 rings (SSSR count). The van der Waals surface area contributed by atoms with Gasteiger partial charge >= 0.3 is 5.69 Å². The highest BCUT2D eigenvalue weighted by Gasteiger charge is 2.07. The fraction of sp³-hybridized carbons (Fsp3) is 0.286. The first-order valence-corrected chi connectivity index (χ1v) is 9.30. The van der Waals surface area contributed by atoms with Crippen LogP contribution in [0.3, 0.4) is 0 Å². The van der Waals surface area contributed by atoms with E-state index in [9.17, 15) is 9.59 Å². The van der Waals surface area contributed by atoms with Crippen LogP contribution in [-0.2, 0) is 30.6 Å². The van der Waals surface area contributed by atoms with E-state index in [2.05, 4.69) is 15.2 Å². The molecule has 1 aromatic carbocycles. The molecule has 0 aliphatic carbocycles. The van der Waals surface area contributed by atoms with Crippen molar-refractivity contribution >= 4 is 11.6 Å². The van der Waals surface area contributed by atoms with Gasteiger partial charge in [0.2, 0.25) is 0 Å². The number of carbonyl (C=O) groups is 1. The van der Waals surface area contributed by atoms with E-state index in [-0.39, 0.29) is 23.7 Å². The number of nitrogens with zero attached hydrogens (tertiary/aromatic N) is 4. The predicted octanol–water partition coefficient (Wildman–Crippen LogP) is 1.99. The third kappa shape index (κ3) is 5.84. The Hall–Kier alpha value is -3.35. The second kappa shape index (κ2) is 9.55. The summed E-state index contributed by atoms with van der Waals surface area (Å²) < 4.78 is 1.55. The molecule has 0 radical (unpaired) electrons. The van der Waals surface area contributed by atoms with Crippen molar-refractivity contribution in [1.82, 2.24) is 19.7 Å². The number of unbranched alkanes of at least 4 members (excludes halogenated alkanes) is 1. The van der Waals surface area contributed by atoms with Gasteiger partial charge in [-0.15, -0.1) is 0 Å². The topological polar surface area (TPSA) is 104 Å². The number of hydrogen-bond donors (Lipinski definition) is 1. The SMILES string of the molecule is Nc1ccn(CCCCc2ccc(CC(=O)Cc3ccccc3)nn2)c(=O)n1. The van der Waals surface area contributed by atoms with Crippen LogP contribution in [0.5, 0.6) is 0 Å². The number of rotatable bonds is 9. The van der Waals surface area contributed by atoms with Crippen LogP contribution < -0.4 is 11.4 Å². The standard InChI is InChI=1S/C21H23N5O2/c22-20-11-13-26(21(28)23-20)12-5-4-8-17-9-10-18(25-24-17)15-19(27)14-16-6-2-1-3-7-16/h1-3,6-7,9-11,13H,4-5,8,12,14-15H2,(H2,22,23,28). The van der Waals surface area contributed by atoms with E-state index in [0.717, 1.165) is 30.5 Å². The molecule has 0 aliphatic rings. The van der Waals surface area contributed by atoms with Crippen LogP contribution in [0, 0.1) is 0 Å². The number of anilines is 1. The fourth-order valence-corrected chi connectivity index (χ4v) is 2.90. The largest absolute Gasteiger partial charge is 0.383 e. The number of nitrogens with two attached hydrogens (primary N) is 1. The molecule has 7 heteroatoms. The number of Topliss-reactive ketones (excluding diaryl/α,β-unsaturated/α-hetero) is 1. The van der Waals surface area contributed by atoms with Crippen molar-refractivity contribution in [1.29, 1.82) is 0 Å². The maximum Gasteiger partial charge on any atom is 0.349 e. The number of aromatic nitrogens is 4. The summed E-state index contributed by atoms with van der Waals surface area (Å²) in [6, 6.07) is 15.1. The van der Waals surface area contributed by atoms with Crippen LogP contribution in [0.2, 0.25) is 0 Å². The monoisotopic (exact) mass is 377 g/mol. The van der Waals surface area contributed by atoms with Gasteiger partial charge in [0, 0.05) is 19.2 Å². The average Bonchev–Trinajstić information content (AvgIpc) is 2.68. The van der Waals surface area contributed by atoms with Gasteiger partial charge < -0.3 is 5.73 Å². The number of hydrogen-bond acceptors (Lipinski definition) is 6. The lowest BCUT2D eigenvalue weighted by Crippen LogP contribution is -2.23. The van der Waals surface area contributed by atoms with Crippen LogP contribution >= 0.6 is 0 Å². The third-order valence-corrected chi connectivity index (χ3v) is 4.38. The summed E-state index contributed by atoms with van der Waals surface area (Å²) in [6.45, 7) is 0.589. The number of ketones is 1. The zero-order valence-electron chi connectivity index (χ0n) is 15.6. The van der Waals surface area contributed by atoms with Gasteiger partial charge in [-0.25, -0.2) is 4.79 Å². The molecular formula is C21H23N5O2. The molecule has 0 saturated heterocycles. The molecule has 2 N–H and O–H groups in total. The molecule has 28 heavy (non-hydrogen) atoms. The van der Waals surface area contributed by atoms with Crippen molar-refractivity contribution in [2.75, 3.05) is 5.73 Å². The third-order valence-electron chi connectivity index (χ3n) is 4.38. The Labute approximate surface area is 163 Å². The summed E-state index contributed by atoms with van der Waals surface area (Å²) in [7, 11) is 0. The molecule has 0 aliphatic heterocycles. The van der Waals surface area contributed by atoms with Crippen molar-refractivity contribution in [3.05, 3.63) is 82.2 Å². The highest BCUT2D eigenvalue weighted by atomic mass is 16.1. The van der Waals surface area contributed by atoms with Crippen LogP contribution in [0.25, 0.3) is 0 Å². The zero-order chi connectivity index (χ0) is 19.8. The van der Waals surface area contributed by atoms with Gasteiger partial charge in [-0.05, 0) is 43.0 Å². The summed E-state index contributed by atoms with van der Waals surface area (Å²) in [6.07, 6.45) is 4.81. The number of aryl methyl sites for hydroxylation is 2. The predicted molar refractivity (Wildman–Crippen MR) is 107 cm³/mol. The van der Waals surface area contributed by atoms with Crippen LogP contribution in [0.15, 0.2) is 59.5 Å². The number of nitrogen functional groups attached to an aromatic ring is 1. The minimum Gasteiger partial charge on any atom is -0.383 e. The van der Waals surface area contributed by atoms with Gasteiger partial charge in [-0.2, -0.15) is 15.2 Å². The summed E-state index contributed by atoms with van der Waals surface area (Å²) in [5.74, 6) is 0.356. The van der Waals surface area contributed by atoms with Crippen LogP contribution in [0.4, 0.5) is 5.82 Å². The molecule has 0 saturated carbocycles. The molecule has 3 aromatic rings. The molecule has 0 bridgehead atoms. The van der Waals surface area contributed by atoms with E-state index < -0.39 is 0 Å². The Bertz CT molecular complexity index is 968. The second-order valence-electron chi connectivity index (χ2n) is 6.68. The summed E-state index contributed by atoms with van der Waals surface area (Å²) in [5, 5.41) is 8.38. The van der Waals surface area contributed by atoms with Crippen LogP contribution in [0.1, 0.15) is 29.8 Å². The summed E-state index contributed by atoms with van der Waals surface area (Å²) in [4.78, 5) is 27.5. The van der Waals surface area contributed by atoms with Gasteiger partial charge in [0.15, 0.2) is 0 Å². The van der Waals surface area contributed by atoms with E-state index in [4.69, 9.17) is 5.73 Å². The molecule has 0 spiro atoms. The smallest absolute Gasteiger partial charge is 0.349 e. The Balaban J connectivity index is 1.42. The molecule has 0 unspecified atom stereocenters. The average molecular weight is 377 g/mol. The van der Waals surface area contributed by atoms with Crippen molar-refractivity contribution in [3.8, 4) is 0 Å². The number of carbonyl (C=O) groups excluding carboxylic acids is 1. The van der Waals surface area contributed by atoms with Crippen molar-refractivity contribution in [3.63, 3.8) is 0 Å². The van der Waals surface area contributed by atoms with Gasteiger partial charge in [0.1, 0.15) is 11.6 Å². The maximum absolute atomic E-state index is 12.2. The minimum atomic E-state index is -0.329. The van der Waals surface area contributed by atoms with Crippen LogP contribution in [-0.4, -0.2) is 25.5 Å². The van der Waals surface area contributed by atoms with E-state index in [1.165, 1.54) is 0 Å². The van der Waals surface area contributed by atoms with E-state index in [0.29, 0.717) is 18.7 Å². The molecule has 0 amide bonds. The highest BCUT2D eigenvalue weighted by molar-refractivity contribution is 5.82. The van der Waals surface area contributed by atoms with Gasteiger partial charge in [-0.3, -0.25) is 9.36 Å². The first-order valence-electron chi connectivity index (χ1n) is 9.30. The Morgan fingerprint density at radius 2 is 1.68 bits per heavy atom. The molecule has 0 atom stereocenters. The lowest BCUT2D eigenvalue weighted by atomic mass is 10.1. The van der Waals surface area contributed by atoms with E-state index in [1.807, 2.05) is 42.5 Å². The fourth-order valence-electron chi connectivity index (χ4n) is 2.90. The lowest BCUT2D eigenvalue weighted by Gasteiger charge is -2.05. The van der Waals surface area contributed by atoms with E-state index in [1.54, 1.807) is 16.8 Å². The van der Waals surface area contributed by atoms with Crippen molar-refractivity contribution in [2.24, 2.45) is 0 Å². The molecule has 0 fully saturated rings. The molecule has 2 heterocycles. The Morgan fingerprint density at radius 3 is 2.39 bits per heavy atom. The normalized spacial score (nSPS) is 10.7. The van der Waals surface area contributed by atoms with Gasteiger partial charge in [-0.1, -0.05) is 30.3 Å². The molecule has 144 valence electrons. The summed E-state index contributed by atoms with van der Waals surface area (Å²) >= 11 is 0. The van der Waals surface area contributed by atoms with Gasteiger partial charge in [0.05, 0.1) is 17.8 Å². The quantitative estimate of drug-likeness (QED) is 0.572. The first-order chi connectivity index (χ1) is 13.6. The Kier molecular flexibility index (Phi) is 6.62. The molecule has 2 aromatic heterocycles. The zero-order valence-corrected chi connectivity index (χ0v) is 15.6. The first kappa shape index (κ1) is 19.4.